The zero-order valence-electron chi connectivity index (χ0n) is 40.5. The number of rotatable bonds is 10. The summed E-state index contributed by atoms with van der Waals surface area (Å²) in [6.45, 7) is 0.494. The summed E-state index contributed by atoms with van der Waals surface area (Å²) in [6.07, 6.45) is 9.35. The molecular weight excluding hydrogens is 776 g/mol. The summed E-state index contributed by atoms with van der Waals surface area (Å²) in [7, 11) is 30.5. The number of hydrogen-bond donors (Lipinski definition) is 4. The van der Waals surface area contributed by atoms with E-state index in [2.05, 4.69) is 26.0 Å². The standard InChI is InChI=1S/C11H24NO3.3C11H22NO3/c1-12(2,3)10-7-5-6-9(11(10)13)8-15-14-4;3*1-12(2,3)9-7-5-6-8(10(9)13)11(14)15-4/h9-11,13H,5-8H2,1-4H3;3*8-10,13H,5-7H2,1-4H3/q4*+1/t9-,10?,11?;3*8?,9?,10-/m0111/s1. The fraction of sp³-hybridized carbons (Fsp3) is 0.932. The number of methoxy groups -OCH3 is 3. The van der Waals surface area contributed by atoms with Crippen molar-refractivity contribution in [3.05, 3.63) is 0 Å². The Bertz CT molecular complexity index is 1160. The van der Waals surface area contributed by atoms with E-state index in [1.165, 1.54) is 28.4 Å². The summed E-state index contributed by atoms with van der Waals surface area (Å²) in [5.74, 6) is -1.65. The van der Waals surface area contributed by atoms with Gasteiger partial charge in [-0.3, -0.25) is 14.4 Å². The first-order valence-corrected chi connectivity index (χ1v) is 22.0. The predicted octanol–water partition coefficient (Wildman–Crippen LogP) is 1.99. The van der Waals surface area contributed by atoms with Crippen LogP contribution in [0.2, 0.25) is 0 Å². The molecule has 4 aliphatic rings. The lowest BCUT2D eigenvalue weighted by molar-refractivity contribution is -0.901. The Hall–Kier alpha value is -1.99. The van der Waals surface area contributed by atoms with Crippen LogP contribution in [0, 0.1) is 23.7 Å². The Labute approximate surface area is 362 Å². The van der Waals surface area contributed by atoms with Crippen LogP contribution < -0.4 is 0 Å². The quantitative estimate of drug-likeness (QED) is 0.0828. The molecule has 4 aliphatic carbocycles. The second kappa shape index (κ2) is 24.7. The summed E-state index contributed by atoms with van der Waals surface area (Å²) in [5.41, 5.74) is 0. The number of likely N-dealkylation sites (N-methyl/N-ethyl adjacent to an activating group) is 4. The largest absolute Gasteiger partial charge is 0.469 e. The fourth-order valence-electron chi connectivity index (χ4n) is 9.66. The van der Waals surface area contributed by atoms with Crippen molar-refractivity contribution in [1.82, 2.24) is 0 Å². The van der Waals surface area contributed by atoms with Crippen LogP contribution in [-0.2, 0) is 38.4 Å². The highest BCUT2D eigenvalue weighted by Gasteiger charge is 2.46. The second-order valence-electron chi connectivity index (χ2n) is 21.0. The normalized spacial score (nSPS) is 32.6. The zero-order valence-corrected chi connectivity index (χ0v) is 40.5. The average Bonchev–Trinajstić information content (AvgIpc) is 3.15. The minimum atomic E-state index is -0.578. The average molecular weight is 867 g/mol. The van der Waals surface area contributed by atoms with Gasteiger partial charge in [-0.25, -0.2) is 9.78 Å². The van der Waals surface area contributed by atoms with Crippen LogP contribution in [0.4, 0.5) is 0 Å². The molecule has 0 amide bonds. The molecule has 0 spiro atoms. The maximum absolute atomic E-state index is 11.5. The molecule has 0 aromatic rings. The molecule has 0 bridgehead atoms. The van der Waals surface area contributed by atoms with Gasteiger partial charge in [0.25, 0.3) is 0 Å². The first kappa shape index (κ1) is 56.0. The minimum absolute atomic E-state index is 0.128. The van der Waals surface area contributed by atoms with Gasteiger partial charge in [-0.05, 0) is 51.4 Å². The van der Waals surface area contributed by atoms with E-state index in [-0.39, 0.29) is 65.8 Å². The summed E-state index contributed by atoms with van der Waals surface area (Å²) >= 11 is 0. The molecule has 4 fully saturated rings. The monoisotopic (exact) mass is 867 g/mol. The number of esters is 3. The van der Waals surface area contributed by atoms with Crippen molar-refractivity contribution in [1.29, 1.82) is 0 Å². The van der Waals surface area contributed by atoms with Crippen LogP contribution in [0.3, 0.4) is 0 Å². The fourth-order valence-corrected chi connectivity index (χ4v) is 9.66. The van der Waals surface area contributed by atoms with Gasteiger partial charge in [-0.2, -0.15) is 0 Å². The maximum Gasteiger partial charge on any atom is 0.311 e. The molecule has 4 saturated carbocycles. The molecule has 16 nitrogen and oxygen atoms in total. The number of hydrogen-bond acceptors (Lipinski definition) is 12. The first-order valence-electron chi connectivity index (χ1n) is 22.0. The van der Waals surface area contributed by atoms with E-state index in [1.54, 1.807) is 0 Å². The van der Waals surface area contributed by atoms with E-state index in [4.69, 9.17) is 19.1 Å². The van der Waals surface area contributed by atoms with Gasteiger partial charge in [0.05, 0.1) is 137 Å². The lowest BCUT2D eigenvalue weighted by Crippen LogP contribution is -2.56. The molecule has 16 heteroatoms. The zero-order chi connectivity index (χ0) is 46.4. The van der Waals surface area contributed by atoms with Crippen molar-refractivity contribution >= 4 is 17.9 Å². The molecule has 0 saturated heterocycles. The molecule has 0 aromatic carbocycles. The topological polar surface area (TPSA) is 178 Å². The van der Waals surface area contributed by atoms with Crippen molar-refractivity contribution in [2.24, 2.45) is 23.7 Å². The number of aliphatic hydroxyl groups is 4. The van der Waals surface area contributed by atoms with Crippen LogP contribution in [0.15, 0.2) is 0 Å². The summed E-state index contributed by atoms with van der Waals surface area (Å²) in [6, 6.07) is 0.692. The Balaban J connectivity index is 0.000000400. The van der Waals surface area contributed by atoms with Gasteiger partial charge in [0.15, 0.2) is 0 Å². The van der Waals surface area contributed by atoms with Gasteiger partial charge in [-0.1, -0.05) is 0 Å². The summed E-state index contributed by atoms with van der Waals surface area (Å²) in [4.78, 5) is 43.9. The van der Waals surface area contributed by atoms with Crippen molar-refractivity contribution in [3.8, 4) is 0 Å². The highest BCUT2D eigenvalue weighted by Crippen LogP contribution is 2.33. The van der Waals surface area contributed by atoms with E-state index < -0.39 is 18.3 Å². The molecule has 354 valence electrons. The van der Waals surface area contributed by atoms with Gasteiger partial charge in [0.2, 0.25) is 0 Å². The molecule has 0 aliphatic heterocycles. The third-order valence-electron chi connectivity index (χ3n) is 13.3. The highest BCUT2D eigenvalue weighted by molar-refractivity contribution is 5.74. The molecule has 0 aromatic heterocycles. The van der Waals surface area contributed by atoms with Crippen molar-refractivity contribution < 1.29 is 76.7 Å². The number of aliphatic hydroxyl groups excluding tert-OH is 4. The van der Waals surface area contributed by atoms with Crippen LogP contribution in [0.25, 0.3) is 0 Å². The van der Waals surface area contributed by atoms with Crippen LogP contribution in [0.1, 0.15) is 77.0 Å². The number of carbonyl (C=O) groups is 3. The molecule has 4 rings (SSSR count). The Morgan fingerprint density at radius 1 is 0.417 bits per heavy atom. The first-order chi connectivity index (χ1) is 27.6. The van der Waals surface area contributed by atoms with Gasteiger partial charge >= 0.3 is 17.9 Å². The second-order valence-corrected chi connectivity index (χ2v) is 21.0. The van der Waals surface area contributed by atoms with E-state index in [0.717, 1.165) is 81.5 Å². The Morgan fingerprint density at radius 2 is 0.667 bits per heavy atom. The molecule has 4 N–H and O–H groups in total. The van der Waals surface area contributed by atoms with E-state index >= 15 is 0 Å². The van der Waals surface area contributed by atoms with Crippen LogP contribution >= 0.6 is 0 Å². The molecule has 60 heavy (non-hydrogen) atoms. The molecule has 8 unspecified atom stereocenters. The molecule has 0 heterocycles. The molecular formula is C44H90N4O12+4. The Kier molecular flexibility index (Phi) is 23.1. The minimum Gasteiger partial charge on any atom is -0.469 e. The SMILES string of the molecule is COC(=O)C1CCCC([N+](C)(C)C)[C@@H]1O.COC(=O)C1CCCC([N+](C)(C)C)[C@@H]1O.COC(=O)C1CCCC([N+](C)(C)C)[C@@H]1O.COOC[C@@H]1CCCC([N+](C)(C)C)C1O. The molecule has 12 atom stereocenters. The van der Waals surface area contributed by atoms with E-state index in [0.29, 0.717) is 26.1 Å². The van der Waals surface area contributed by atoms with Gasteiger partial charge < -0.3 is 52.6 Å². The van der Waals surface area contributed by atoms with Crippen molar-refractivity contribution in [2.75, 3.05) is 120 Å². The summed E-state index contributed by atoms with van der Waals surface area (Å²) in [5, 5.41) is 40.7. The number of nitrogens with zero attached hydrogens (tertiary/aromatic N) is 4. The van der Waals surface area contributed by atoms with Gasteiger partial charge in [-0.15, -0.1) is 0 Å². The lowest BCUT2D eigenvalue weighted by atomic mass is 9.81. The van der Waals surface area contributed by atoms with Gasteiger partial charge in [0, 0.05) is 31.6 Å². The van der Waals surface area contributed by atoms with Crippen molar-refractivity contribution in [3.63, 3.8) is 0 Å². The number of ether oxygens (including phenoxy) is 3. The summed E-state index contributed by atoms with van der Waals surface area (Å²) < 4.78 is 17.0. The van der Waals surface area contributed by atoms with Gasteiger partial charge in [0.1, 0.15) is 48.6 Å². The Morgan fingerprint density at radius 3 is 0.900 bits per heavy atom. The predicted molar refractivity (Wildman–Crippen MR) is 230 cm³/mol. The highest BCUT2D eigenvalue weighted by atomic mass is 17.2. The lowest BCUT2D eigenvalue weighted by Gasteiger charge is -2.42. The smallest absolute Gasteiger partial charge is 0.311 e. The third kappa shape index (κ3) is 16.9. The third-order valence-corrected chi connectivity index (χ3v) is 13.3. The van der Waals surface area contributed by atoms with E-state index in [1.807, 2.05) is 63.4 Å². The van der Waals surface area contributed by atoms with Crippen molar-refractivity contribution in [2.45, 2.75) is 126 Å². The van der Waals surface area contributed by atoms with Crippen LogP contribution in [0.5, 0.6) is 0 Å². The number of quaternary nitrogens is 4. The maximum atomic E-state index is 11.5. The van der Waals surface area contributed by atoms with Crippen LogP contribution in [-0.4, -0.2) is 224 Å². The molecule has 0 radical (unpaired) electrons. The number of carbonyl (C=O) groups excluding carboxylic acids is 3. The van der Waals surface area contributed by atoms with E-state index in [9.17, 15) is 34.8 Å².